The highest BCUT2D eigenvalue weighted by atomic mass is 35.5. The molecule has 3 fully saturated rings. The average molecular weight is 370 g/mol. The van der Waals surface area contributed by atoms with Gasteiger partial charge in [0, 0.05) is 49.6 Å². The number of amides is 1. The van der Waals surface area contributed by atoms with Gasteiger partial charge in [0.15, 0.2) is 0 Å². The molecule has 0 atom stereocenters. The van der Waals surface area contributed by atoms with Crippen LogP contribution in [0.1, 0.15) is 25.7 Å². The van der Waals surface area contributed by atoms with Crippen LogP contribution in [-0.2, 0) is 4.79 Å². The van der Waals surface area contributed by atoms with Crippen LogP contribution in [0.3, 0.4) is 0 Å². The number of likely N-dealkylation sites (tertiary alicyclic amines) is 1. The predicted octanol–water partition coefficient (Wildman–Crippen LogP) is 1.87. The predicted molar refractivity (Wildman–Crippen MR) is 98.6 cm³/mol. The Balaban J connectivity index is 0.00000121. The third-order valence-corrected chi connectivity index (χ3v) is 5.97. The highest BCUT2D eigenvalue weighted by Gasteiger charge is 2.31. The van der Waals surface area contributed by atoms with E-state index in [-0.39, 0.29) is 24.8 Å². The summed E-state index contributed by atoms with van der Waals surface area (Å²) in [6.45, 7) is 6.49. The number of nitrogens with one attached hydrogen (secondary N) is 1. The number of hydrogen-bond acceptors (Lipinski definition) is 4. The molecule has 3 aliphatic heterocycles. The van der Waals surface area contributed by atoms with E-state index < -0.39 is 0 Å². The van der Waals surface area contributed by atoms with Crippen molar-refractivity contribution >= 4 is 42.5 Å². The second-order valence-electron chi connectivity index (χ2n) is 6.23. The fourth-order valence-corrected chi connectivity index (χ4v) is 4.65. The lowest BCUT2D eigenvalue weighted by Crippen LogP contribution is -2.50. The third kappa shape index (κ3) is 5.17. The first-order chi connectivity index (χ1) is 9.84. The van der Waals surface area contributed by atoms with E-state index in [1.54, 1.807) is 0 Å². The molecule has 22 heavy (non-hydrogen) atoms. The van der Waals surface area contributed by atoms with E-state index in [2.05, 4.69) is 26.9 Å². The van der Waals surface area contributed by atoms with Gasteiger partial charge in [0.05, 0.1) is 0 Å². The van der Waals surface area contributed by atoms with Crippen LogP contribution in [0.25, 0.3) is 0 Å². The molecule has 3 rings (SSSR count). The lowest BCUT2D eigenvalue weighted by Gasteiger charge is -2.41. The van der Waals surface area contributed by atoms with Gasteiger partial charge >= 0.3 is 0 Å². The van der Waals surface area contributed by atoms with Gasteiger partial charge in [-0.3, -0.25) is 9.69 Å². The topological polar surface area (TPSA) is 35.6 Å². The molecular formula is C15H29Cl2N3OS. The summed E-state index contributed by atoms with van der Waals surface area (Å²) < 4.78 is 0. The van der Waals surface area contributed by atoms with E-state index in [4.69, 9.17) is 0 Å². The molecule has 3 saturated heterocycles. The molecule has 0 radical (unpaired) electrons. The van der Waals surface area contributed by atoms with E-state index in [0.29, 0.717) is 11.8 Å². The van der Waals surface area contributed by atoms with Crippen LogP contribution in [0.4, 0.5) is 0 Å². The van der Waals surface area contributed by atoms with Crippen LogP contribution in [0.5, 0.6) is 0 Å². The second kappa shape index (κ2) is 10.2. The normalized spacial score (nSPS) is 25.2. The van der Waals surface area contributed by atoms with Crippen molar-refractivity contribution in [2.75, 3.05) is 50.8 Å². The number of nitrogens with zero attached hydrogens (tertiary/aromatic N) is 2. The van der Waals surface area contributed by atoms with Crippen molar-refractivity contribution in [3.05, 3.63) is 0 Å². The summed E-state index contributed by atoms with van der Waals surface area (Å²) in [7, 11) is 0. The molecule has 0 aliphatic carbocycles. The Labute approximate surface area is 150 Å². The Morgan fingerprint density at radius 1 is 0.909 bits per heavy atom. The summed E-state index contributed by atoms with van der Waals surface area (Å²) in [5.74, 6) is 3.29. The average Bonchev–Trinajstić information content (AvgIpc) is 2.56. The van der Waals surface area contributed by atoms with Crippen LogP contribution in [0.15, 0.2) is 0 Å². The molecule has 0 saturated carbocycles. The molecule has 130 valence electrons. The molecule has 3 aliphatic rings. The number of halogens is 2. The smallest absolute Gasteiger partial charge is 0.225 e. The summed E-state index contributed by atoms with van der Waals surface area (Å²) in [5, 5.41) is 3.34. The molecule has 0 aromatic carbocycles. The van der Waals surface area contributed by atoms with E-state index in [0.717, 1.165) is 45.1 Å². The van der Waals surface area contributed by atoms with Crippen molar-refractivity contribution in [1.82, 2.24) is 15.1 Å². The minimum atomic E-state index is 0. The van der Waals surface area contributed by atoms with Crippen molar-refractivity contribution in [2.24, 2.45) is 5.92 Å². The molecule has 0 aromatic rings. The fourth-order valence-electron chi connectivity index (χ4n) is 3.72. The first-order valence-corrected chi connectivity index (χ1v) is 9.31. The van der Waals surface area contributed by atoms with Gasteiger partial charge in [0.2, 0.25) is 5.91 Å². The molecule has 0 aromatic heterocycles. The van der Waals surface area contributed by atoms with E-state index in [1.165, 1.54) is 37.4 Å². The molecule has 0 spiro atoms. The quantitative estimate of drug-likeness (QED) is 0.805. The minimum absolute atomic E-state index is 0. The lowest BCUT2D eigenvalue weighted by atomic mass is 9.94. The van der Waals surface area contributed by atoms with Crippen LogP contribution in [0.2, 0.25) is 0 Å². The van der Waals surface area contributed by atoms with Crippen LogP contribution < -0.4 is 5.32 Å². The zero-order valence-electron chi connectivity index (χ0n) is 13.2. The second-order valence-corrected chi connectivity index (χ2v) is 7.45. The zero-order chi connectivity index (χ0) is 13.8. The van der Waals surface area contributed by atoms with Crippen molar-refractivity contribution in [2.45, 2.75) is 31.7 Å². The maximum Gasteiger partial charge on any atom is 0.225 e. The van der Waals surface area contributed by atoms with Gasteiger partial charge in [-0.05, 0) is 38.8 Å². The van der Waals surface area contributed by atoms with Crippen molar-refractivity contribution in [1.29, 1.82) is 0 Å². The molecule has 1 amide bonds. The van der Waals surface area contributed by atoms with Gasteiger partial charge in [-0.1, -0.05) is 0 Å². The van der Waals surface area contributed by atoms with Gasteiger partial charge in [0.25, 0.3) is 0 Å². The number of hydrogen-bond donors (Lipinski definition) is 1. The van der Waals surface area contributed by atoms with Gasteiger partial charge in [-0.15, -0.1) is 24.8 Å². The van der Waals surface area contributed by atoms with Crippen molar-refractivity contribution < 1.29 is 4.79 Å². The number of rotatable bonds is 2. The Morgan fingerprint density at radius 3 is 2.09 bits per heavy atom. The molecule has 0 unspecified atom stereocenters. The Bertz CT molecular complexity index is 329. The van der Waals surface area contributed by atoms with E-state index in [9.17, 15) is 4.79 Å². The first kappa shape index (κ1) is 20.4. The van der Waals surface area contributed by atoms with Gasteiger partial charge < -0.3 is 10.2 Å². The summed E-state index contributed by atoms with van der Waals surface area (Å²) in [5.41, 5.74) is 0. The summed E-state index contributed by atoms with van der Waals surface area (Å²) >= 11 is 2.07. The van der Waals surface area contributed by atoms with Gasteiger partial charge in [-0.2, -0.15) is 11.8 Å². The molecule has 3 heterocycles. The molecule has 7 heteroatoms. The molecular weight excluding hydrogens is 341 g/mol. The monoisotopic (exact) mass is 369 g/mol. The SMILES string of the molecule is Cl.Cl.O=C(C1CCNCC1)N1CCC(N2CCSCC2)CC1. The van der Waals surface area contributed by atoms with Gasteiger partial charge in [0.1, 0.15) is 0 Å². The number of carbonyl (C=O) groups is 1. The lowest BCUT2D eigenvalue weighted by molar-refractivity contribution is -0.138. The van der Waals surface area contributed by atoms with Crippen LogP contribution in [0, 0.1) is 5.92 Å². The zero-order valence-corrected chi connectivity index (χ0v) is 15.6. The van der Waals surface area contributed by atoms with Crippen LogP contribution in [-0.4, -0.2) is 72.5 Å². The number of carbonyl (C=O) groups excluding carboxylic acids is 1. The Kier molecular flexibility index (Phi) is 9.48. The van der Waals surface area contributed by atoms with Gasteiger partial charge in [-0.25, -0.2) is 0 Å². The van der Waals surface area contributed by atoms with Crippen LogP contribution >= 0.6 is 36.6 Å². The highest BCUT2D eigenvalue weighted by Crippen LogP contribution is 2.23. The standard InChI is InChI=1S/C15H27N3OS.2ClH/c19-15(13-1-5-16-6-2-13)18-7-3-14(4-8-18)17-9-11-20-12-10-17;;/h13-14,16H,1-12H2;2*1H. The minimum Gasteiger partial charge on any atom is -0.342 e. The van der Waals surface area contributed by atoms with E-state index in [1.807, 2.05) is 0 Å². The maximum absolute atomic E-state index is 12.5. The summed E-state index contributed by atoms with van der Waals surface area (Å²) in [6.07, 6.45) is 4.42. The number of piperidine rings is 2. The molecule has 1 N–H and O–H groups in total. The Hall–Kier alpha value is 0.320. The fraction of sp³-hybridized carbons (Fsp3) is 0.933. The van der Waals surface area contributed by atoms with Crippen molar-refractivity contribution in [3.63, 3.8) is 0 Å². The maximum atomic E-state index is 12.5. The number of thioether (sulfide) groups is 1. The molecule has 0 bridgehead atoms. The highest BCUT2D eigenvalue weighted by molar-refractivity contribution is 7.99. The largest absolute Gasteiger partial charge is 0.342 e. The molecule has 4 nitrogen and oxygen atoms in total. The summed E-state index contributed by atoms with van der Waals surface area (Å²) in [4.78, 5) is 17.3. The van der Waals surface area contributed by atoms with Crippen molar-refractivity contribution in [3.8, 4) is 0 Å². The third-order valence-electron chi connectivity index (χ3n) is 5.03. The summed E-state index contributed by atoms with van der Waals surface area (Å²) in [6, 6.07) is 0.730. The van der Waals surface area contributed by atoms with E-state index >= 15 is 0 Å². The first-order valence-electron chi connectivity index (χ1n) is 8.16. The Morgan fingerprint density at radius 2 is 1.50 bits per heavy atom.